The molecule has 2 aliphatic carbocycles. The molecule has 2 rings (SSSR count). The Morgan fingerprint density at radius 2 is 1.95 bits per heavy atom. The van der Waals surface area contributed by atoms with Gasteiger partial charge in [0.15, 0.2) is 0 Å². The van der Waals surface area contributed by atoms with Gasteiger partial charge in [-0.15, -0.1) is 0 Å². The fourth-order valence-electron chi connectivity index (χ4n) is 3.17. The standard InChI is InChI=1S/C15H23NO3S/c1-2-20-13-9-5-8-12(13)16-14(17)10-6-3-4-7-11(10)15(18)19/h3-4,10-13H,2,5-9H2,1H3,(H,16,17)(H,18,19). The Labute approximate surface area is 124 Å². The smallest absolute Gasteiger partial charge is 0.307 e. The average Bonchev–Trinajstić information content (AvgIpc) is 2.86. The summed E-state index contributed by atoms with van der Waals surface area (Å²) in [4.78, 5) is 23.7. The summed E-state index contributed by atoms with van der Waals surface area (Å²) in [6, 6.07) is 0.216. The van der Waals surface area contributed by atoms with Crippen molar-refractivity contribution in [2.24, 2.45) is 11.8 Å². The summed E-state index contributed by atoms with van der Waals surface area (Å²) >= 11 is 1.90. The molecule has 4 atom stereocenters. The van der Waals surface area contributed by atoms with Gasteiger partial charge >= 0.3 is 5.97 Å². The Bertz CT molecular complexity index is 397. The second-order valence-corrected chi connectivity index (χ2v) is 7.05. The summed E-state index contributed by atoms with van der Waals surface area (Å²) in [7, 11) is 0. The first-order valence-corrected chi connectivity index (χ1v) is 8.48. The lowest BCUT2D eigenvalue weighted by Crippen LogP contribution is -2.45. The lowest BCUT2D eigenvalue weighted by Gasteiger charge is -2.27. The van der Waals surface area contributed by atoms with Gasteiger partial charge in [-0.05, 0) is 31.4 Å². The Hall–Kier alpha value is -0.970. The second-order valence-electron chi connectivity index (χ2n) is 5.53. The summed E-state index contributed by atoms with van der Waals surface area (Å²) in [6.45, 7) is 2.13. The average molecular weight is 297 g/mol. The molecule has 2 aliphatic rings. The summed E-state index contributed by atoms with van der Waals surface area (Å²) in [6.07, 6.45) is 8.12. The normalized spacial score (nSPS) is 33.0. The highest BCUT2D eigenvalue weighted by atomic mass is 32.2. The minimum Gasteiger partial charge on any atom is -0.481 e. The molecule has 0 bridgehead atoms. The number of aliphatic carboxylic acids is 1. The molecular formula is C15H23NO3S. The molecule has 20 heavy (non-hydrogen) atoms. The van der Waals surface area contributed by atoms with E-state index in [9.17, 15) is 14.7 Å². The number of carbonyl (C=O) groups is 2. The molecule has 0 aromatic carbocycles. The fourth-order valence-corrected chi connectivity index (χ4v) is 4.37. The number of amides is 1. The van der Waals surface area contributed by atoms with Crippen LogP contribution < -0.4 is 5.32 Å². The SMILES string of the molecule is CCSC1CCCC1NC(=O)C1CC=CCC1C(=O)O. The van der Waals surface area contributed by atoms with Crippen LogP contribution in [0.4, 0.5) is 0 Å². The first kappa shape index (κ1) is 15.4. The van der Waals surface area contributed by atoms with Gasteiger partial charge < -0.3 is 10.4 Å². The number of carboxylic acids is 1. The predicted molar refractivity (Wildman–Crippen MR) is 80.7 cm³/mol. The van der Waals surface area contributed by atoms with Crippen molar-refractivity contribution in [2.75, 3.05) is 5.75 Å². The number of hydrogen-bond donors (Lipinski definition) is 2. The number of carboxylic acid groups (broad SMARTS) is 1. The first-order chi connectivity index (χ1) is 9.63. The Morgan fingerprint density at radius 3 is 2.60 bits per heavy atom. The number of carbonyl (C=O) groups excluding carboxylic acids is 1. The number of thioether (sulfide) groups is 1. The third-order valence-electron chi connectivity index (χ3n) is 4.25. The molecule has 5 heteroatoms. The van der Waals surface area contributed by atoms with E-state index in [0.29, 0.717) is 18.1 Å². The van der Waals surface area contributed by atoms with Gasteiger partial charge in [-0.1, -0.05) is 25.5 Å². The van der Waals surface area contributed by atoms with Crippen molar-refractivity contribution < 1.29 is 14.7 Å². The summed E-state index contributed by atoms with van der Waals surface area (Å²) in [5.41, 5.74) is 0. The fraction of sp³-hybridized carbons (Fsp3) is 0.733. The van der Waals surface area contributed by atoms with Gasteiger partial charge in [0, 0.05) is 11.3 Å². The molecule has 112 valence electrons. The van der Waals surface area contributed by atoms with Crippen LogP contribution in [-0.4, -0.2) is 34.0 Å². The van der Waals surface area contributed by atoms with Gasteiger partial charge in [0.25, 0.3) is 0 Å². The van der Waals surface area contributed by atoms with Crippen LogP contribution >= 0.6 is 11.8 Å². The highest BCUT2D eigenvalue weighted by Crippen LogP contribution is 2.31. The Balaban J connectivity index is 1.96. The molecule has 0 aromatic heterocycles. The lowest BCUT2D eigenvalue weighted by molar-refractivity contribution is -0.147. The minimum atomic E-state index is -0.861. The maximum atomic E-state index is 12.4. The Morgan fingerprint density at radius 1 is 1.25 bits per heavy atom. The molecule has 0 heterocycles. The molecule has 0 aliphatic heterocycles. The van der Waals surface area contributed by atoms with Crippen molar-refractivity contribution in [3.8, 4) is 0 Å². The largest absolute Gasteiger partial charge is 0.481 e. The number of allylic oxidation sites excluding steroid dienone is 2. The van der Waals surface area contributed by atoms with Crippen molar-refractivity contribution in [1.82, 2.24) is 5.32 Å². The molecule has 4 nitrogen and oxygen atoms in total. The van der Waals surface area contributed by atoms with Gasteiger partial charge in [-0.2, -0.15) is 11.8 Å². The van der Waals surface area contributed by atoms with Crippen LogP contribution in [-0.2, 0) is 9.59 Å². The maximum Gasteiger partial charge on any atom is 0.307 e. The highest BCUT2D eigenvalue weighted by molar-refractivity contribution is 7.99. The van der Waals surface area contributed by atoms with E-state index in [1.807, 2.05) is 23.9 Å². The number of nitrogens with one attached hydrogen (secondary N) is 1. The third-order valence-corrected chi connectivity index (χ3v) is 5.57. The van der Waals surface area contributed by atoms with E-state index in [2.05, 4.69) is 12.2 Å². The van der Waals surface area contributed by atoms with Crippen LogP contribution in [0, 0.1) is 11.8 Å². The van der Waals surface area contributed by atoms with Crippen LogP contribution in [0.15, 0.2) is 12.2 Å². The molecule has 0 radical (unpaired) electrons. The van der Waals surface area contributed by atoms with E-state index in [4.69, 9.17) is 0 Å². The van der Waals surface area contributed by atoms with E-state index < -0.39 is 17.8 Å². The van der Waals surface area contributed by atoms with Crippen molar-refractivity contribution in [3.05, 3.63) is 12.2 Å². The maximum absolute atomic E-state index is 12.4. The van der Waals surface area contributed by atoms with Gasteiger partial charge in [0.2, 0.25) is 5.91 Å². The van der Waals surface area contributed by atoms with Crippen molar-refractivity contribution in [2.45, 2.75) is 50.3 Å². The topological polar surface area (TPSA) is 66.4 Å². The zero-order chi connectivity index (χ0) is 14.5. The molecular weight excluding hydrogens is 274 g/mol. The van der Waals surface area contributed by atoms with Gasteiger partial charge in [0.1, 0.15) is 0 Å². The van der Waals surface area contributed by atoms with E-state index in [1.54, 1.807) is 0 Å². The minimum absolute atomic E-state index is 0.0737. The zero-order valence-electron chi connectivity index (χ0n) is 11.9. The molecule has 1 amide bonds. The molecule has 1 saturated carbocycles. The van der Waals surface area contributed by atoms with Gasteiger partial charge in [0.05, 0.1) is 11.8 Å². The van der Waals surface area contributed by atoms with Crippen molar-refractivity contribution in [1.29, 1.82) is 0 Å². The quantitative estimate of drug-likeness (QED) is 0.765. The van der Waals surface area contributed by atoms with Crippen LogP contribution in [0.25, 0.3) is 0 Å². The predicted octanol–water partition coefficient (Wildman–Crippen LogP) is 2.44. The van der Waals surface area contributed by atoms with E-state index >= 15 is 0 Å². The molecule has 1 fully saturated rings. The molecule has 2 N–H and O–H groups in total. The van der Waals surface area contributed by atoms with Gasteiger partial charge in [-0.3, -0.25) is 9.59 Å². The molecule has 4 unspecified atom stereocenters. The van der Waals surface area contributed by atoms with Gasteiger partial charge in [-0.25, -0.2) is 0 Å². The van der Waals surface area contributed by atoms with E-state index in [-0.39, 0.29) is 11.9 Å². The number of hydrogen-bond acceptors (Lipinski definition) is 3. The summed E-state index contributed by atoms with van der Waals surface area (Å²) in [5, 5.41) is 12.8. The monoisotopic (exact) mass is 297 g/mol. The third kappa shape index (κ3) is 3.57. The van der Waals surface area contributed by atoms with E-state index in [0.717, 1.165) is 25.0 Å². The zero-order valence-corrected chi connectivity index (χ0v) is 12.7. The van der Waals surface area contributed by atoms with Crippen LogP contribution in [0.5, 0.6) is 0 Å². The number of rotatable bonds is 5. The van der Waals surface area contributed by atoms with E-state index in [1.165, 1.54) is 0 Å². The first-order valence-electron chi connectivity index (χ1n) is 7.43. The summed E-state index contributed by atoms with van der Waals surface area (Å²) < 4.78 is 0. The highest BCUT2D eigenvalue weighted by Gasteiger charge is 2.36. The van der Waals surface area contributed by atoms with Crippen LogP contribution in [0.2, 0.25) is 0 Å². The van der Waals surface area contributed by atoms with Crippen molar-refractivity contribution >= 4 is 23.6 Å². The molecule has 0 saturated heterocycles. The Kier molecular flexibility index (Phi) is 5.52. The van der Waals surface area contributed by atoms with Crippen LogP contribution in [0.1, 0.15) is 39.0 Å². The van der Waals surface area contributed by atoms with Crippen molar-refractivity contribution in [3.63, 3.8) is 0 Å². The summed E-state index contributed by atoms with van der Waals surface area (Å²) in [5.74, 6) is -0.860. The lowest BCUT2D eigenvalue weighted by atomic mass is 9.82. The second kappa shape index (κ2) is 7.16. The molecule has 0 spiro atoms. The van der Waals surface area contributed by atoms with Crippen LogP contribution in [0.3, 0.4) is 0 Å². The molecule has 0 aromatic rings.